The number of carbonyl (C=O) groups excluding carboxylic acids is 1. The van der Waals surface area contributed by atoms with Gasteiger partial charge in [-0.05, 0) is 36.8 Å². The van der Waals surface area contributed by atoms with Gasteiger partial charge in [0.05, 0.1) is 0 Å². The molecule has 22 heavy (non-hydrogen) atoms. The third kappa shape index (κ3) is 3.67. The lowest BCUT2D eigenvalue weighted by atomic mass is 10.0. The van der Waals surface area contributed by atoms with E-state index >= 15 is 0 Å². The van der Waals surface area contributed by atoms with Gasteiger partial charge in [-0.3, -0.25) is 4.79 Å². The number of aryl methyl sites for hydroxylation is 1. The molecule has 0 aliphatic rings. The van der Waals surface area contributed by atoms with Crippen molar-refractivity contribution in [3.63, 3.8) is 0 Å². The molecular weight excluding hydrogens is 280 g/mol. The molecule has 0 saturated carbocycles. The van der Waals surface area contributed by atoms with Crippen molar-refractivity contribution < 1.29 is 14.7 Å². The first kappa shape index (κ1) is 16.1. The summed E-state index contributed by atoms with van der Waals surface area (Å²) in [6.07, 6.45) is 0.423. The van der Waals surface area contributed by atoms with Crippen LogP contribution in [0.15, 0.2) is 30.3 Å². The Morgan fingerprint density at radius 3 is 2.59 bits per heavy atom. The quantitative estimate of drug-likeness (QED) is 0.861. The Morgan fingerprint density at radius 1 is 1.27 bits per heavy atom. The first-order valence-corrected chi connectivity index (χ1v) is 7.45. The van der Waals surface area contributed by atoms with Gasteiger partial charge >= 0.3 is 5.97 Å². The van der Waals surface area contributed by atoms with Crippen LogP contribution >= 0.6 is 0 Å². The number of amides is 1. The molecule has 0 spiro atoms. The maximum Gasteiger partial charge on any atom is 0.326 e. The lowest BCUT2D eigenvalue weighted by molar-refractivity contribution is -0.142. The van der Waals surface area contributed by atoms with Gasteiger partial charge < -0.3 is 15.0 Å². The van der Waals surface area contributed by atoms with E-state index in [1.165, 1.54) is 0 Å². The minimum absolute atomic E-state index is 0.126. The topological polar surface area (TPSA) is 71.3 Å². The molecule has 0 saturated heterocycles. The van der Waals surface area contributed by atoms with Crippen molar-refractivity contribution in [1.82, 2.24) is 9.88 Å². The summed E-state index contributed by atoms with van der Waals surface area (Å²) in [7, 11) is 0. The fourth-order valence-electron chi connectivity index (χ4n) is 2.63. The van der Waals surface area contributed by atoms with Crippen LogP contribution in [-0.4, -0.2) is 27.6 Å². The molecule has 0 aliphatic carbocycles. The van der Waals surface area contributed by atoms with Crippen molar-refractivity contribution in [3.05, 3.63) is 36.0 Å². The summed E-state index contributed by atoms with van der Waals surface area (Å²) in [6.45, 7) is 5.94. The van der Waals surface area contributed by atoms with E-state index in [-0.39, 0.29) is 18.4 Å². The second-order valence-corrected chi connectivity index (χ2v) is 6.02. The molecule has 0 aliphatic heterocycles. The van der Waals surface area contributed by atoms with Crippen LogP contribution < -0.4 is 5.32 Å². The van der Waals surface area contributed by atoms with Gasteiger partial charge in [-0.2, -0.15) is 0 Å². The van der Waals surface area contributed by atoms with Crippen molar-refractivity contribution in [2.45, 2.75) is 39.8 Å². The number of nitrogens with one attached hydrogen (secondary N) is 1. The SMILES string of the molecule is Cc1cc2ccccc2n1CC(=O)NC(CC(C)C)C(=O)O. The van der Waals surface area contributed by atoms with E-state index in [9.17, 15) is 14.7 Å². The number of hydrogen-bond donors (Lipinski definition) is 2. The molecular formula is C17H22N2O3. The monoisotopic (exact) mass is 302 g/mol. The Labute approximate surface area is 129 Å². The molecule has 118 valence electrons. The van der Waals surface area contributed by atoms with Crippen molar-refractivity contribution in [3.8, 4) is 0 Å². The van der Waals surface area contributed by atoms with Gasteiger partial charge in [0.2, 0.25) is 5.91 Å². The van der Waals surface area contributed by atoms with E-state index in [4.69, 9.17) is 0 Å². The number of para-hydroxylation sites is 1. The molecule has 2 aromatic rings. The van der Waals surface area contributed by atoms with Crippen LogP contribution in [0.1, 0.15) is 26.0 Å². The molecule has 1 amide bonds. The van der Waals surface area contributed by atoms with E-state index in [1.807, 2.05) is 55.7 Å². The highest BCUT2D eigenvalue weighted by atomic mass is 16.4. The predicted octanol–water partition coefficient (Wildman–Crippen LogP) is 2.57. The number of benzene rings is 1. The Hall–Kier alpha value is -2.30. The first-order valence-electron chi connectivity index (χ1n) is 7.45. The van der Waals surface area contributed by atoms with E-state index < -0.39 is 12.0 Å². The Balaban J connectivity index is 2.13. The van der Waals surface area contributed by atoms with Crippen molar-refractivity contribution in [2.24, 2.45) is 5.92 Å². The zero-order chi connectivity index (χ0) is 16.3. The minimum atomic E-state index is -0.990. The zero-order valence-electron chi connectivity index (χ0n) is 13.2. The number of carboxylic acids is 1. The van der Waals surface area contributed by atoms with Crippen LogP contribution in [0.25, 0.3) is 10.9 Å². The summed E-state index contributed by atoms with van der Waals surface area (Å²) in [5.41, 5.74) is 1.96. The maximum absolute atomic E-state index is 12.2. The van der Waals surface area contributed by atoms with Crippen molar-refractivity contribution in [2.75, 3.05) is 0 Å². The van der Waals surface area contributed by atoms with Gasteiger partial charge in [0.15, 0.2) is 0 Å². The number of hydrogen-bond acceptors (Lipinski definition) is 2. The average molecular weight is 302 g/mol. The highest BCUT2D eigenvalue weighted by Crippen LogP contribution is 2.19. The molecule has 0 radical (unpaired) electrons. The highest BCUT2D eigenvalue weighted by molar-refractivity contribution is 5.86. The summed E-state index contributed by atoms with van der Waals surface area (Å²) >= 11 is 0. The molecule has 5 heteroatoms. The second-order valence-electron chi connectivity index (χ2n) is 6.02. The number of nitrogens with zero attached hydrogens (tertiary/aromatic N) is 1. The lowest BCUT2D eigenvalue weighted by Crippen LogP contribution is -2.43. The molecule has 1 heterocycles. The first-order chi connectivity index (χ1) is 10.4. The zero-order valence-corrected chi connectivity index (χ0v) is 13.2. The predicted molar refractivity (Wildman–Crippen MR) is 85.7 cm³/mol. The Kier molecular flexibility index (Phi) is 4.85. The van der Waals surface area contributed by atoms with Gasteiger partial charge in [0.25, 0.3) is 0 Å². The van der Waals surface area contributed by atoms with Gasteiger partial charge in [0.1, 0.15) is 12.6 Å². The van der Waals surface area contributed by atoms with Crippen LogP contribution in [0.3, 0.4) is 0 Å². The third-order valence-electron chi connectivity index (χ3n) is 3.66. The standard InChI is InChI=1S/C17H22N2O3/c1-11(2)8-14(17(21)22)18-16(20)10-19-12(3)9-13-6-4-5-7-15(13)19/h4-7,9,11,14H,8,10H2,1-3H3,(H,18,20)(H,21,22). The second kappa shape index (κ2) is 6.64. The van der Waals surface area contributed by atoms with Gasteiger partial charge in [-0.15, -0.1) is 0 Å². The van der Waals surface area contributed by atoms with Crippen LogP contribution in [0.2, 0.25) is 0 Å². The van der Waals surface area contributed by atoms with E-state index in [0.29, 0.717) is 6.42 Å². The number of aromatic nitrogens is 1. The van der Waals surface area contributed by atoms with Gasteiger partial charge in [-0.25, -0.2) is 4.79 Å². The van der Waals surface area contributed by atoms with Crippen LogP contribution in [0.4, 0.5) is 0 Å². The molecule has 1 aromatic carbocycles. The lowest BCUT2D eigenvalue weighted by Gasteiger charge is -2.17. The fourth-order valence-corrected chi connectivity index (χ4v) is 2.63. The van der Waals surface area contributed by atoms with Crippen LogP contribution in [0.5, 0.6) is 0 Å². The molecule has 2 rings (SSSR count). The summed E-state index contributed by atoms with van der Waals surface area (Å²) in [4.78, 5) is 23.4. The number of carboxylic acid groups (broad SMARTS) is 1. The van der Waals surface area contributed by atoms with Crippen LogP contribution in [-0.2, 0) is 16.1 Å². The smallest absolute Gasteiger partial charge is 0.326 e. The molecule has 1 unspecified atom stereocenters. The summed E-state index contributed by atoms with van der Waals surface area (Å²) in [5.74, 6) is -1.07. The molecule has 2 N–H and O–H groups in total. The number of aliphatic carboxylic acids is 1. The summed E-state index contributed by atoms with van der Waals surface area (Å²) < 4.78 is 1.90. The largest absolute Gasteiger partial charge is 0.480 e. The molecule has 1 atom stereocenters. The highest BCUT2D eigenvalue weighted by Gasteiger charge is 2.21. The normalized spacial score (nSPS) is 12.5. The molecule has 0 fully saturated rings. The summed E-state index contributed by atoms with van der Waals surface area (Å²) in [5, 5.41) is 12.9. The maximum atomic E-state index is 12.2. The number of carbonyl (C=O) groups is 2. The van der Waals surface area contributed by atoms with Crippen LogP contribution in [0, 0.1) is 12.8 Å². The van der Waals surface area contributed by atoms with E-state index in [1.54, 1.807) is 0 Å². The average Bonchev–Trinajstić information content (AvgIpc) is 2.74. The number of rotatable bonds is 6. The Bertz CT molecular complexity index is 688. The van der Waals surface area contributed by atoms with Gasteiger partial charge in [0, 0.05) is 11.2 Å². The number of fused-ring (bicyclic) bond motifs is 1. The minimum Gasteiger partial charge on any atom is -0.480 e. The molecule has 1 aromatic heterocycles. The van der Waals surface area contributed by atoms with Crippen molar-refractivity contribution >= 4 is 22.8 Å². The fraction of sp³-hybridized carbons (Fsp3) is 0.412. The van der Waals surface area contributed by atoms with Gasteiger partial charge in [-0.1, -0.05) is 32.0 Å². The third-order valence-corrected chi connectivity index (χ3v) is 3.66. The van der Waals surface area contributed by atoms with Crippen molar-refractivity contribution in [1.29, 1.82) is 0 Å². The van der Waals surface area contributed by atoms with E-state index in [2.05, 4.69) is 5.32 Å². The summed E-state index contributed by atoms with van der Waals surface area (Å²) in [6, 6.07) is 9.01. The Morgan fingerprint density at radius 2 is 1.95 bits per heavy atom. The molecule has 5 nitrogen and oxygen atoms in total. The van der Waals surface area contributed by atoms with E-state index in [0.717, 1.165) is 16.6 Å². The molecule has 0 bridgehead atoms.